The Kier molecular flexibility index (Phi) is 8.78. The summed E-state index contributed by atoms with van der Waals surface area (Å²) in [5.74, 6) is -1.17. The molecule has 206 valence electrons. The van der Waals surface area contributed by atoms with Gasteiger partial charge in [0.05, 0.1) is 25.0 Å². The fourth-order valence-electron chi connectivity index (χ4n) is 6.29. The monoisotopic (exact) mass is 560 g/mol. The number of amides is 1. The van der Waals surface area contributed by atoms with E-state index in [1.165, 1.54) is 5.56 Å². The SMILES string of the molecule is CC(C[C@@H](c1ccc(Cl)cc1)N1CCOCC1(C)C)[C@@H]1NC(=O)[C@](C)(CC(=O)O)C[C@@H]1c1cccc(Cl)c1. The minimum Gasteiger partial charge on any atom is -0.481 e. The van der Waals surface area contributed by atoms with Gasteiger partial charge in [-0.25, -0.2) is 0 Å². The largest absolute Gasteiger partial charge is 0.481 e. The number of rotatable bonds is 8. The minimum absolute atomic E-state index is 0.0747. The number of piperidine rings is 1. The third-order valence-corrected chi connectivity index (χ3v) is 8.80. The number of carbonyl (C=O) groups excluding carboxylic acids is 1. The summed E-state index contributed by atoms with van der Waals surface area (Å²) >= 11 is 12.6. The number of hydrogen-bond acceptors (Lipinski definition) is 4. The number of aliphatic carboxylic acids is 1. The maximum Gasteiger partial charge on any atom is 0.304 e. The van der Waals surface area contributed by atoms with Gasteiger partial charge in [-0.05, 0) is 68.0 Å². The van der Waals surface area contributed by atoms with Crippen molar-refractivity contribution in [3.8, 4) is 0 Å². The summed E-state index contributed by atoms with van der Waals surface area (Å²) in [4.78, 5) is 27.5. The van der Waals surface area contributed by atoms with Gasteiger partial charge in [0, 0.05) is 40.1 Å². The number of morpholine rings is 1. The van der Waals surface area contributed by atoms with Gasteiger partial charge in [-0.2, -0.15) is 0 Å². The summed E-state index contributed by atoms with van der Waals surface area (Å²) in [6.07, 6.45) is 1.02. The predicted molar refractivity (Wildman–Crippen MR) is 151 cm³/mol. The average Bonchev–Trinajstić information content (AvgIpc) is 2.84. The fourth-order valence-corrected chi connectivity index (χ4v) is 6.62. The van der Waals surface area contributed by atoms with Crippen LogP contribution in [0.1, 0.15) is 70.0 Å². The third-order valence-electron chi connectivity index (χ3n) is 8.32. The Labute approximate surface area is 235 Å². The van der Waals surface area contributed by atoms with Gasteiger partial charge < -0.3 is 15.2 Å². The van der Waals surface area contributed by atoms with Crippen molar-refractivity contribution in [3.05, 3.63) is 69.7 Å². The molecule has 6 nitrogen and oxygen atoms in total. The molecule has 2 aromatic carbocycles. The van der Waals surface area contributed by atoms with Crippen molar-refractivity contribution in [2.24, 2.45) is 11.3 Å². The lowest BCUT2D eigenvalue weighted by molar-refractivity contribution is -0.147. The predicted octanol–water partition coefficient (Wildman–Crippen LogP) is 6.32. The Morgan fingerprint density at radius 3 is 2.50 bits per heavy atom. The number of hydrogen-bond donors (Lipinski definition) is 2. The van der Waals surface area contributed by atoms with E-state index in [0.717, 1.165) is 18.5 Å². The van der Waals surface area contributed by atoms with Crippen LogP contribution in [0, 0.1) is 11.3 Å². The van der Waals surface area contributed by atoms with Gasteiger partial charge in [0.2, 0.25) is 5.91 Å². The van der Waals surface area contributed by atoms with Crippen LogP contribution in [0.3, 0.4) is 0 Å². The summed E-state index contributed by atoms with van der Waals surface area (Å²) < 4.78 is 5.82. The first-order chi connectivity index (χ1) is 17.9. The number of carbonyl (C=O) groups is 2. The first-order valence-electron chi connectivity index (χ1n) is 13.3. The highest BCUT2D eigenvalue weighted by Gasteiger charge is 2.48. The molecule has 2 heterocycles. The van der Waals surface area contributed by atoms with E-state index in [9.17, 15) is 14.7 Å². The van der Waals surface area contributed by atoms with Crippen molar-refractivity contribution in [1.29, 1.82) is 0 Å². The Morgan fingerprint density at radius 2 is 1.87 bits per heavy atom. The second-order valence-electron chi connectivity index (χ2n) is 11.8. The molecule has 2 aromatic rings. The van der Waals surface area contributed by atoms with Crippen LogP contribution in [0.5, 0.6) is 0 Å². The topological polar surface area (TPSA) is 78.9 Å². The van der Waals surface area contributed by atoms with E-state index in [-0.39, 0.29) is 41.8 Å². The molecular weight excluding hydrogens is 523 g/mol. The smallest absolute Gasteiger partial charge is 0.304 e. The van der Waals surface area contributed by atoms with Crippen molar-refractivity contribution < 1.29 is 19.4 Å². The van der Waals surface area contributed by atoms with Crippen LogP contribution in [0.2, 0.25) is 10.0 Å². The summed E-state index contributed by atoms with van der Waals surface area (Å²) in [5.41, 5.74) is 1.02. The van der Waals surface area contributed by atoms with Crippen molar-refractivity contribution in [2.45, 2.75) is 70.5 Å². The van der Waals surface area contributed by atoms with Gasteiger partial charge in [0.15, 0.2) is 0 Å². The second kappa shape index (κ2) is 11.5. The van der Waals surface area contributed by atoms with E-state index in [0.29, 0.717) is 29.7 Å². The number of benzene rings is 2. The van der Waals surface area contributed by atoms with Crippen molar-refractivity contribution in [1.82, 2.24) is 10.2 Å². The molecule has 38 heavy (non-hydrogen) atoms. The molecule has 8 heteroatoms. The van der Waals surface area contributed by atoms with Crippen molar-refractivity contribution in [3.63, 3.8) is 0 Å². The standard InChI is InChI=1S/C30H38Cl2N2O4/c1-19(14-25(20-8-10-22(31)11-9-20)34-12-13-38-18-29(34,2)3)27-24(21-6-5-7-23(32)15-21)16-30(4,17-26(35)36)28(37)33-27/h5-11,15,19,24-25,27H,12-14,16-18H2,1-4H3,(H,33,37)(H,35,36)/t19?,24-,25+,27+,30+/m1/s1. The van der Waals surface area contributed by atoms with Gasteiger partial charge in [-0.1, -0.05) is 61.3 Å². The second-order valence-corrected chi connectivity index (χ2v) is 12.7. The number of halogens is 2. The van der Waals surface area contributed by atoms with E-state index in [1.54, 1.807) is 6.92 Å². The number of carboxylic acid groups (broad SMARTS) is 1. The van der Waals surface area contributed by atoms with E-state index < -0.39 is 11.4 Å². The Morgan fingerprint density at radius 1 is 1.16 bits per heavy atom. The quantitative estimate of drug-likeness (QED) is 0.394. The molecule has 0 saturated carbocycles. The van der Waals surface area contributed by atoms with E-state index >= 15 is 0 Å². The van der Waals surface area contributed by atoms with Crippen molar-refractivity contribution >= 4 is 35.1 Å². The van der Waals surface area contributed by atoms with Crippen LogP contribution >= 0.6 is 23.2 Å². The van der Waals surface area contributed by atoms with Crippen LogP contribution in [0.4, 0.5) is 0 Å². The zero-order valence-corrected chi connectivity index (χ0v) is 24.1. The van der Waals surface area contributed by atoms with Gasteiger partial charge >= 0.3 is 5.97 Å². The minimum atomic E-state index is -1.00. The highest BCUT2D eigenvalue weighted by atomic mass is 35.5. The highest BCUT2D eigenvalue weighted by Crippen LogP contribution is 2.45. The average molecular weight is 562 g/mol. The van der Waals surface area contributed by atoms with Gasteiger partial charge in [-0.3, -0.25) is 14.5 Å². The molecule has 0 bridgehead atoms. The summed E-state index contributed by atoms with van der Waals surface area (Å²) in [7, 11) is 0. The van der Waals surface area contributed by atoms with Gasteiger partial charge in [-0.15, -0.1) is 0 Å². The molecular formula is C30H38Cl2N2O4. The maximum absolute atomic E-state index is 13.4. The Hall–Kier alpha value is -2.12. The zero-order chi connectivity index (χ0) is 27.7. The molecule has 2 N–H and O–H groups in total. The van der Waals surface area contributed by atoms with Crippen LogP contribution in [-0.4, -0.2) is 53.2 Å². The number of nitrogens with one attached hydrogen (secondary N) is 1. The fraction of sp³-hybridized carbons (Fsp3) is 0.533. The zero-order valence-electron chi connectivity index (χ0n) is 22.5. The summed E-state index contributed by atoms with van der Waals surface area (Å²) in [6, 6.07) is 15.6. The van der Waals surface area contributed by atoms with Gasteiger partial charge in [0.1, 0.15) is 0 Å². The molecule has 2 saturated heterocycles. The normalized spacial score (nSPS) is 27.4. The number of carboxylic acids is 1. The lowest BCUT2D eigenvalue weighted by atomic mass is 9.67. The molecule has 5 atom stereocenters. The van der Waals surface area contributed by atoms with Crippen LogP contribution < -0.4 is 5.32 Å². The molecule has 4 rings (SSSR count). The summed E-state index contributed by atoms with van der Waals surface area (Å²) in [6.45, 7) is 10.5. The molecule has 1 amide bonds. The lowest BCUT2D eigenvalue weighted by Crippen LogP contribution is -2.57. The van der Waals surface area contributed by atoms with E-state index in [1.807, 2.05) is 36.4 Å². The first-order valence-corrected chi connectivity index (χ1v) is 14.0. The molecule has 1 unspecified atom stereocenters. The molecule has 2 aliphatic rings. The molecule has 0 spiro atoms. The van der Waals surface area contributed by atoms with Crippen LogP contribution in [0.25, 0.3) is 0 Å². The van der Waals surface area contributed by atoms with Crippen LogP contribution in [-0.2, 0) is 14.3 Å². The molecule has 0 aliphatic carbocycles. The molecule has 2 fully saturated rings. The van der Waals surface area contributed by atoms with E-state index in [4.69, 9.17) is 27.9 Å². The van der Waals surface area contributed by atoms with Crippen molar-refractivity contribution in [2.75, 3.05) is 19.8 Å². The molecule has 2 aliphatic heterocycles. The van der Waals surface area contributed by atoms with Crippen LogP contribution in [0.15, 0.2) is 48.5 Å². The number of nitrogens with zero attached hydrogens (tertiary/aromatic N) is 1. The third kappa shape index (κ3) is 6.36. The Balaban J connectivity index is 1.69. The van der Waals surface area contributed by atoms with Gasteiger partial charge in [0.25, 0.3) is 0 Å². The lowest BCUT2D eigenvalue weighted by Gasteiger charge is -2.49. The van der Waals surface area contributed by atoms with E-state index in [2.05, 4.69) is 43.1 Å². The summed E-state index contributed by atoms with van der Waals surface area (Å²) in [5, 5.41) is 14.1. The highest BCUT2D eigenvalue weighted by molar-refractivity contribution is 6.30. The Bertz CT molecular complexity index is 1160. The maximum atomic E-state index is 13.4. The molecule has 0 radical (unpaired) electrons. The molecule has 0 aromatic heterocycles. The number of ether oxygens (including phenoxy) is 1. The first kappa shape index (κ1) is 28.9.